The zero-order valence-corrected chi connectivity index (χ0v) is 8.42. The van der Waals surface area contributed by atoms with Crippen LogP contribution in [0.2, 0.25) is 0 Å². The van der Waals surface area contributed by atoms with E-state index in [1.807, 2.05) is 6.07 Å². The van der Waals surface area contributed by atoms with E-state index in [9.17, 15) is 10.2 Å². The Morgan fingerprint density at radius 3 is 2.19 bits per heavy atom. The molecule has 0 saturated carbocycles. The van der Waals surface area contributed by atoms with Crippen LogP contribution in [0.25, 0.3) is 0 Å². The Bertz CT molecular complexity index is 497. The summed E-state index contributed by atoms with van der Waals surface area (Å²) in [6, 6.07) is 11.5. The molecule has 2 rings (SSSR count). The lowest BCUT2D eigenvalue weighted by atomic mass is 10.2. The first kappa shape index (κ1) is 10.2. The predicted octanol–water partition coefficient (Wildman–Crippen LogP) is 2.47. The Hall–Kier alpha value is -2.36. The number of hydrogen-bond donors (Lipinski definition) is 3. The third kappa shape index (κ3) is 1.86. The Labute approximate surface area is 92.5 Å². The molecule has 0 aromatic heterocycles. The van der Waals surface area contributed by atoms with Crippen molar-refractivity contribution in [1.82, 2.24) is 0 Å². The van der Waals surface area contributed by atoms with E-state index in [-0.39, 0.29) is 22.9 Å². The summed E-state index contributed by atoms with van der Waals surface area (Å²) in [7, 11) is 0. The normalized spacial score (nSPS) is 10.0. The maximum absolute atomic E-state index is 9.56. The largest absolute Gasteiger partial charge is 0.506 e. The Kier molecular flexibility index (Phi) is 2.55. The van der Waals surface area contributed by atoms with Crippen molar-refractivity contribution in [3.63, 3.8) is 0 Å². The highest BCUT2D eigenvalue weighted by atomic mass is 16.5. The molecule has 4 heteroatoms. The van der Waals surface area contributed by atoms with Gasteiger partial charge in [0.25, 0.3) is 0 Å². The van der Waals surface area contributed by atoms with Gasteiger partial charge in [0.05, 0.1) is 0 Å². The number of rotatable bonds is 2. The average Bonchev–Trinajstić information content (AvgIpc) is 2.31. The van der Waals surface area contributed by atoms with Gasteiger partial charge in [0.1, 0.15) is 17.2 Å². The smallest absolute Gasteiger partial charge is 0.195 e. The molecule has 0 saturated heterocycles. The van der Waals surface area contributed by atoms with E-state index in [0.717, 1.165) is 0 Å². The molecule has 0 aliphatic heterocycles. The molecule has 0 aliphatic carbocycles. The van der Waals surface area contributed by atoms with Crippen molar-refractivity contribution in [1.29, 1.82) is 0 Å². The molecule has 16 heavy (non-hydrogen) atoms. The van der Waals surface area contributed by atoms with E-state index in [1.165, 1.54) is 12.1 Å². The molecule has 0 atom stereocenters. The van der Waals surface area contributed by atoms with Crippen LogP contribution in [0, 0.1) is 0 Å². The Morgan fingerprint density at radius 2 is 1.50 bits per heavy atom. The fraction of sp³-hybridized carbons (Fsp3) is 0. The van der Waals surface area contributed by atoms with Crippen LogP contribution >= 0.6 is 0 Å². The number of phenolic OH excluding ortho intramolecular Hbond substituents is 2. The second kappa shape index (κ2) is 4.02. The van der Waals surface area contributed by atoms with E-state index in [4.69, 9.17) is 10.5 Å². The Morgan fingerprint density at radius 1 is 0.875 bits per heavy atom. The quantitative estimate of drug-likeness (QED) is 0.410. The molecule has 0 fully saturated rings. The molecule has 4 N–H and O–H groups in total. The first-order valence-electron chi connectivity index (χ1n) is 4.72. The van der Waals surface area contributed by atoms with Crippen molar-refractivity contribution in [2.75, 3.05) is 5.73 Å². The van der Waals surface area contributed by atoms with Crippen LogP contribution < -0.4 is 10.5 Å². The van der Waals surface area contributed by atoms with Gasteiger partial charge in [0.15, 0.2) is 11.5 Å². The SMILES string of the molecule is Nc1c(O)ccc(O)c1Oc1ccccc1. The van der Waals surface area contributed by atoms with Crippen LogP contribution in [0.4, 0.5) is 5.69 Å². The summed E-state index contributed by atoms with van der Waals surface area (Å²) in [6.45, 7) is 0. The van der Waals surface area contributed by atoms with Gasteiger partial charge in [-0.1, -0.05) is 18.2 Å². The highest BCUT2D eigenvalue weighted by molar-refractivity contribution is 5.68. The maximum Gasteiger partial charge on any atom is 0.195 e. The van der Waals surface area contributed by atoms with Crippen LogP contribution in [0.1, 0.15) is 0 Å². The monoisotopic (exact) mass is 217 g/mol. The molecule has 0 aliphatic rings. The topological polar surface area (TPSA) is 75.7 Å². The number of para-hydroxylation sites is 1. The van der Waals surface area contributed by atoms with Gasteiger partial charge in [-0.3, -0.25) is 0 Å². The molecule has 0 bridgehead atoms. The number of nitrogens with two attached hydrogens (primary N) is 1. The minimum atomic E-state index is -0.122. The van der Waals surface area contributed by atoms with E-state index in [0.29, 0.717) is 5.75 Å². The van der Waals surface area contributed by atoms with Crippen molar-refractivity contribution in [3.05, 3.63) is 42.5 Å². The van der Waals surface area contributed by atoms with Gasteiger partial charge in [-0.15, -0.1) is 0 Å². The number of aromatic hydroxyl groups is 2. The van der Waals surface area contributed by atoms with Crippen molar-refractivity contribution in [3.8, 4) is 23.0 Å². The molecule has 0 amide bonds. The summed E-state index contributed by atoms with van der Waals surface area (Å²) < 4.78 is 5.39. The molecule has 2 aromatic carbocycles. The molecule has 4 nitrogen and oxygen atoms in total. The van der Waals surface area contributed by atoms with Crippen molar-refractivity contribution >= 4 is 5.69 Å². The second-order valence-corrected chi connectivity index (χ2v) is 3.26. The van der Waals surface area contributed by atoms with Crippen molar-refractivity contribution in [2.45, 2.75) is 0 Å². The average molecular weight is 217 g/mol. The minimum absolute atomic E-state index is 0.0175. The van der Waals surface area contributed by atoms with Gasteiger partial charge < -0.3 is 20.7 Å². The molecule has 2 aromatic rings. The molecule has 0 radical (unpaired) electrons. The molecule has 0 spiro atoms. The summed E-state index contributed by atoms with van der Waals surface area (Å²) in [5, 5.41) is 18.9. The number of nitrogen functional groups attached to an aromatic ring is 1. The summed E-state index contributed by atoms with van der Waals surface area (Å²) in [5.41, 5.74) is 5.61. The Balaban J connectivity index is 2.38. The first-order chi connectivity index (χ1) is 7.68. The number of benzene rings is 2. The van der Waals surface area contributed by atoms with Crippen LogP contribution in [-0.4, -0.2) is 10.2 Å². The van der Waals surface area contributed by atoms with E-state index >= 15 is 0 Å². The van der Waals surface area contributed by atoms with E-state index in [1.54, 1.807) is 24.3 Å². The predicted molar refractivity (Wildman–Crippen MR) is 60.7 cm³/mol. The lowest BCUT2D eigenvalue weighted by molar-refractivity contribution is 0.406. The minimum Gasteiger partial charge on any atom is -0.506 e. The summed E-state index contributed by atoms with van der Waals surface area (Å²) >= 11 is 0. The van der Waals surface area contributed by atoms with Gasteiger partial charge in [-0.25, -0.2) is 0 Å². The number of anilines is 1. The third-order valence-corrected chi connectivity index (χ3v) is 2.12. The fourth-order valence-corrected chi connectivity index (χ4v) is 1.29. The van der Waals surface area contributed by atoms with Crippen LogP contribution in [0.15, 0.2) is 42.5 Å². The fourth-order valence-electron chi connectivity index (χ4n) is 1.29. The lowest BCUT2D eigenvalue weighted by Gasteiger charge is -2.10. The summed E-state index contributed by atoms with van der Waals surface area (Å²) in [4.78, 5) is 0. The molecule has 82 valence electrons. The molecule has 0 unspecified atom stereocenters. The number of phenols is 2. The zero-order chi connectivity index (χ0) is 11.5. The third-order valence-electron chi connectivity index (χ3n) is 2.12. The van der Waals surface area contributed by atoms with E-state index in [2.05, 4.69) is 0 Å². The van der Waals surface area contributed by atoms with Crippen LogP contribution in [-0.2, 0) is 0 Å². The summed E-state index contributed by atoms with van der Waals surface area (Å²) in [6.07, 6.45) is 0. The van der Waals surface area contributed by atoms with Gasteiger partial charge in [0.2, 0.25) is 0 Å². The van der Waals surface area contributed by atoms with Crippen molar-refractivity contribution in [2.24, 2.45) is 0 Å². The molecular formula is C12H11NO3. The lowest BCUT2D eigenvalue weighted by Crippen LogP contribution is -1.93. The molecular weight excluding hydrogens is 206 g/mol. The van der Waals surface area contributed by atoms with E-state index < -0.39 is 0 Å². The van der Waals surface area contributed by atoms with Gasteiger partial charge in [-0.2, -0.15) is 0 Å². The van der Waals surface area contributed by atoms with Gasteiger partial charge in [-0.05, 0) is 24.3 Å². The zero-order valence-electron chi connectivity index (χ0n) is 8.42. The number of hydrogen-bond acceptors (Lipinski definition) is 4. The number of ether oxygens (including phenoxy) is 1. The highest BCUT2D eigenvalue weighted by Crippen LogP contribution is 2.40. The van der Waals surface area contributed by atoms with Crippen LogP contribution in [0.3, 0.4) is 0 Å². The molecule has 0 heterocycles. The highest BCUT2D eigenvalue weighted by Gasteiger charge is 2.11. The summed E-state index contributed by atoms with van der Waals surface area (Å²) in [5.74, 6) is 0.365. The maximum atomic E-state index is 9.56. The standard InChI is InChI=1S/C12H11NO3/c13-11-9(14)6-7-10(15)12(11)16-8-4-2-1-3-5-8/h1-7,14-15H,13H2. The van der Waals surface area contributed by atoms with Crippen LogP contribution in [0.5, 0.6) is 23.0 Å². The van der Waals surface area contributed by atoms with Crippen molar-refractivity contribution < 1.29 is 14.9 Å². The first-order valence-corrected chi connectivity index (χ1v) is 4.72. The van der Waals surface area contributed by atoms with Gasteiger partial charge in [0, 0.05) is 0 Å². The van der Waals surface area contributed by atoms with Gasteiger partial charge >= 0.3 is 0 Å². The second-order valence-electron chi connectivity index (χ2n) is 3.26.